The standard InChI is InChI=1S/C14H17BrN2O2.ClH/c15-12-3-1-2-10(6-12)13-9-17(4-5-19-13)14(18)11-7-16-8-11;/h1-3,6,11,13,16H,4-5,7-9H2;1H. The van der Waals surface area contributed by atoms with E-state index in [9.17, 15) is 4.79 Å². The van der Waals surface area contributed by atoms with Gasteiger partial charge in [-0.05, 0) is 17.7 Å². The predicted octanol–water partition coefficient (Wildman–Crippen LogP) is 1.99. The summed E-state index contributed by atoms with van der Waals surface area (Å²) in [5.74, 6) is 0.434. The number of carbonyl (C=O) groups excluding carboxylic acids is 1. The third-order valence-electron chi connectivity index (χ3n) is 3.73. The molecule has 20 heavy (non-hydrogen) atoms. The van der Waals surface area contributed by atoms with Gasteiger partial charge in [0.25, 0.3) is 0 Å². The molecule has 2 fully saturated rings. The molecule has 0 radical (unpaired) electrons. The van der Waals surface area contributed by atoms with E-state index < -0.39 is 0 Å². The van der Waals surface area contributed by atoms with Crippen molar-refractivity contribution in [3.63, 3.8) is 0 Å². The molecule has 0 aliphatic carbocycles. The highest BCUT2D eigenvalue weighted by Gasteiger charge is 2.32. The summed E-state index contributed by atoms with van der Waals surface area (Å²) in [6.45, 7) is 3.62. The van der Waals surface area contributed by atoms with Crippen molar-refractivity contribution in [1.82, 2.24) is 10.2 Å². The third-order valence-corrected chi connectivity index (χ3v) is 4.22. The molecule has 1 aromatic carbocycles. The lowest BCUT2D eigenvalue weighted by Crippen LogP contribution is -2.54. The van der Waals surface area contributed by atoms with Gasteiger partial charge in [0.15, 0.2) is 0 Å². The van der Waals surface area contributed by atoms with Gasteiger partial charge in [-0.1, -0.05) is 28.1 Å². The minimum Gasteiger partial charge on any atom is -0.370 e. The van der Waals surface area contributed by atoms with Gasteiger partial charge in [-0.15, -0.1) is 12.4 Å². The number of halogens is 2. The van der Waals surface area contributed by atoms with Crippen molar-refractivity contribution in [3.05, 3.63) is 34.3 Å². The summed E-state index contributed by atoms with van der Waals surface area (Å²) in [5, 5.41) is 3.15. The molecule has 110 valence electrons. The quantitative estimate of drug-likeness (QED) is 0.876. The summed E-state index contributed by atoms with van der Waals surface area (Å²) in [5.41, 5.74) is 1.12. The molecule has 4 nitrogen and oxygen atoms in total. The van der Waals surface area contributed by atoms with Crippen molar-refractivity contribution < 1.29 is 9.53 Å². The van der Waals surface area contributed by atoms with E-state index in [-0.39, 0.29) is 30.3 Å². The van der Waals surface area contributed by atoms with Crippen LogP contribution in [0.3, 0.4) is 0 Å². The molecule has 1 atom stereocenters. The van der Waals surface area contributed by atoms with Gasteiger partial charge in [-0.25, -0.2) is 0 Å². The smallest absolute Gasteiger partial charge is 0.228 e. The van der Waals surface area contributed by atoms with Crippen molar-refractivity contribution in [2.24, 2.45) is 5.92 Å². The topological polar surface area (TPSA) is 41.6 Å². The van der Waals surface area contributed by atoms with Gasteiger partial charge in [0.1, 0.15) is 6.10 Å². The Morgan fingerprint density at radius 2 is 2.20 bits per heavy atom. The van der Waals surface area contributed by atoms with Crippen molar-refractivity contribution in [1.29, 1.82) is 0 Å². The van der Waals surface area contributed by atoms with Crippen LogP contribution in [0.5, 0.6) is 0 Å². The number of hydrogen-bond donors (Lipinski definition) is 1. The molecule has 1 amide bonds. The molecule has 0 aromatic heterocycles. The highest BCUT2D eigenvalue weighted by Crippen LogP contribution is 2.25. The highest BCUT2D eigenvalue weighted by atomic mass is 79.9. The number of ether oxygens (including phenoxy) is 1. The number of benzene rings is 1. The van der Waals surface area contributed by atoms with Gasteiger partial charge in [0, 0.05) is 24.1 Å². The summed E-state index contributed by atoms with van der Waals surface area (Å²) in [7, 11) is 0. The monoisotopic (exact) mass is 360 g/mol. The van der Waals surface area contributed by atoms with E-state index in [1.165, 1.54) is 0 Å². The minimum absolute atomic E-state index is 0. The molecule has 2 aliphatic heterocycles. The van der Waals surface area contributed by atoms with E-state index in [0.29, 0.717) is 19.7 Å². The van der Waals surface area contributed by atoms with E-state index >= 15 is 0 Å². The maximum absolute atomic E-state index is 12.2. The molecule has 2 heterocycles. The van der Waals surface area contributed by atoms with Crippen LogP contribution in [-0.4, -0.2) is 43.6 Å². The Morgan fingerprint density at radius 1 is 1.40 bits per heavy atom. The normalized spacial score (nSPS) is 22.9. The molecule has 1 N–H and O–H groups in total. The number of hydrogen-bond acceptors (Lipinski definition) is 3. The average molecular weight is 362 g/mol. The zero-order valence-corrected chi connectivity index (χ0v) is 13.5. The van der Waals surface area contributed by atoms with Crippen LogP contribution < -0.4 is 5.32 Å². The summed E-state index contributed by atoms with van der Waals surface area (Å²) in [6, 6.07) is 8.10. The Labute approximate surface area is 133 Å². The van der Waals surface area contributed by atoms with Gasteiger partial charge in [-0.2, -0.15) is 0 Å². The fourth-order valence-electron chi connectivity index (χ4n) is 2.48. The number of nitrogens with zero attached hydrogens (tertiary/aromatic N) is 1. The first-order chi connectivity index (χ1) is 9.24. The Morgan fingerprint density at radius 3 is 2.85 bits per heavy atom. The second-order valence-corrected chi connectivity index (χ2v) is 5.97. The van der Waals surface area contributed by atoms with E-state index in [4.69, 9.17) is 4.74 Å². The molecule has 2 aliphatic rings. The summed E-state index contributed by atoms with van der Waals surface area (Å²) >= 11 is 3.47. The summed E-state index contributed by atoms with van der Waals surface area (Å²) in [4.78, 5) is 14.2. The first-order valence-electron chi connectivity index (χ1n) is 6.60. The summed E-state index contributed by atoms with van der Waals surface area (Å²) < 4.78 is 6.84. The number of morpholine rings is 1. The maximum Gasteiger partial charge on any atom is 0.228 e. The van der Waals surface area contributed by atoms with Crippen molar-refractivity contribution in [2.45, 2.75) is 6.10 Å². The van der Waals surface area contributed by atoms with Crippen LogP contribution in [0.4, 0.5) is 0 Å². The SMILES string of the molecule is Cl.O=C(C1CNC1)N1CCOC(c2cccc(Br)c2)C1. The largest absolute Gasteiger partial charge is 0.370 e. The molecule has 1 aromatic rings. The number of nitrogens with one attached hydrogen (secondary N) is 1. The molecule has 3 rings (SSSR count). The first kappa shape index (κ1) is 15.8. The van der Waals surface area contributed by atoms with Gasteiger partial charge in [0.05, 0.1) is 19.1 Å². The van der Waals surface area contributed by atoms with E-state index in [1.807, 2.05) is 23.1 Å². The molecule has 2 saturated heterocycles. The third kappa shape index (κ3) is 3.34. The van der Waals surface area contributed by atoms with Crippen molar-refractivity contribution >= 4 is 34.2 Å². The minimum atomic E-state index is -0.0109. The van der Waals surface area contributed by atoms with Crippen LogP contribution in [-0.2, 0) is 9.53 Å². The Bertz CT molecular complexity index is 482. The van der Waals surface area contributed by atoms with Gasteiger partial charge < -0.3 is 15.0 Å². The maximum atomic E-state index is 12.2. The Balaban J connectivity index is 0.00000147. The average Bonchev–Trinajstić information content (AvgIpc) is 2.37. The molecule has 1 unspecified atom stereocenters. The lowest BCUT2D eigenvalue weighted by Gasteiger charge is -2.37. The zero-order chi connectivity index (χ0) is 13.2. The van der Waals surface area contributed by atoms with E-state index in [0.717, 1.165) is 23.1 Å². The van der Waals surface area contributed by atoms with Crippen LogP contribution in [0.2, 0.25) is 0 Å². The zero-order valence-electron chi connectivity index (χ0n) is 11.0. The van der Waals surface area contributed by atoms with Crippen LogP contribution in [0.1, 0.15) is 11.7 Å². The van der Waals surface area contributed by atoms with Gasteiger partial charge in [-0.3, -0.25) is 4.79 Å². The fraction of sp³-hybridized carbons (Fsp3) is 0.500. The number of rotatable bonds is 2. The molecule has 0 bridgehead atoms. The number of carbonyl (C=O) groups is 1. The Hall–Kier alpha value is -0.620. The lowest BCUT2D eigenvalue weighted by molar-refractivity contribution is -0.144. The van der Waals surface area contributed by atoms with E-state index in [2.05, 4.69) is 27.3 Å². The van der Waals surface area contributed by atoms with Crippen LogP contribution in [0.15, 0.2) is 28.7 Å². The van der Waals surface area contributed by atoms with Gasteiger partial charge in [0.2, 0.25) is 5.91 Å². The summed E-state index contributed by atoms with van der Waals surface area (Å²) in [6.07, 6.45) is -0.0109. The molecule has 6 heteroatoms. The lowest BCUT2D eigenvalue weighted by atomic mass is 10.0. The Kier molecular flexibility index (Phi) is 5.43. The number of amides is 1. The fourth-order valence-corrected chi connectivity index (χ4v) is 2.90. The first-order valence-corrected chi connectivity index (χ1v) is 7.40. The van der Waals surface area contributed by atoms with Crippen molar-refractivity contribution in [2.75, 3.05) is 32.8 Å². The predicted molar refractivity (Wildman–Crippen MR) is 83.0 cm³/mol. The molecule has 0 saturated carbocycles. The molecular weight excluding hydrogens is 344 g/mol. The molecular formula is C14H18BrClN2O2. The molecule has 0 spiro atoms. The second kappa shape index (κ2) is 6.89. The van der Waals surface area contributed by atoms with E-state index in [1.54, 1.807) is 0 Å². The van der Waals surface area contributed by atoms with Crippen LogP contribution in [0, 0.1) is 5.92 Å². The van der Waals surface area contributed by atoms with Crippen LogP contribution >= 0.6 is 28.3 Å². The second-order valence-electron chi connectivity index (χ2n) is 5.05. The van der Waals surface area contributed by atoms with Crippen LogP contribution in [0.25, 0.3) is 0 Å². The van der Waals surface area contributed by atoms with Crippen molar-refractivity contribution in [3.8, 4) is 0 Å². The van der Waals surface area contributed by atoms with Gasteiger partial charge >= 0.3 is 0 Å². The highest BCUT2D eigenvalue weighted by molar-refractivity contribution is 9.10.